The molecule has 2 rings (SSSR count). The van der Waals surface area contributed by atoms with Gasteiger partial charge in [-0.05, 0) is 42.5 Å². The van der Waals surface area contributed by atoms with Crippen LogP contribution in [0.25, 0.3) is 0 Å². The molecule has 1 heterocycles. The highest BCUT2D eigenvalue weighted by Gasteiger charge is 2.24. The number of rotatable bonds is 2. The molecule has 1 N–H and O–H groups in total. The summed E-state index contributed by atoms with van der Waals surface area (Å²) >= 11 is 1.77. The Morgan fingerprint density at radius 3 is 2.93 bits per heavy atom. The average molecular weight is 223 g/mol. The summed E-state index contributed by atoms with van der Waals surface area (Å²) in [5, 5.41) is 8.00. The van der Waals surface area contributed by atoms with Crippen molar-refractivity contribution >= 4 is 17.0 Å². The molecule has 1 saturated carbocycles. The van der Waals surface area contributed by atoms with Gasteiger partial charge in [-0.3, -0.25) is 0 Å². The summed E-state index contributed by atoms with van der Waals surface area (Å²) in [6.07, 6.45) is 6.76. The van der Waals surface area contributed by atoms with Crippen molar-refractivity contribution < 1.29 is 0 Å². The van der Waals surface area contributed by atoms with Gasteiger partial charge in [-0.2, -0.15) is 11.3 Å². The molecule has 1 aliphatic carbocycles. The van der Waals surface area contributed by atoms with E-state index in [9.17, 15) is 0 Å². The lowest BCUT2D eigenvalue weighted by Crippen LogP contribution is -2.18. The minimum atomic E-state index is 0.561. The van der Waals surface area contributed by atoms with Crippen molar-refractivity contribution in [1.82, 2.24) is 0 Å². The Balaban J connectivity index is 1.89. The lowest BCUT2D eigenvalue weighted by molar-refractivity contribution is 0.313. The maximum absolute atomic E-state index is 3.65. The van der Waals surface area contributed by atoms with E-state index in [-0.39, 0.29) is 0 Å². The topological polar surface area (TPSA) is 12.0 Å². The van der Waals surface area contributed by atoms with Crippen molar-refractivity contribution in [3.8, 4) is 0 Å². The van der Waals surface area contributed by atoms with Crippen LogP contribution in [0.15, 0.2) is 16.8 Å². The van der Waals surface area contributed by atoms with Gasteiger partial charge in [-0.15, -0.1) is 0 Å². The van der Waals surface area contributed by atoms with Crippen molar-refractivity contribution in [2.75, 3.05) is 5.32 Å². The van der Waals surface area contributed by atoms with Crippen molar-refractivity contribution in [3.05, 3.63) is 16.8 Å². The van der Waals surface area contributed by atoms with Gasteiger partial charge in [0.2, 0.25) is 0 Å². The third kappa shape index (κ3) is 3.23. The number of hydrogen-bond acceptors (Lipinski definition) is 2. The number of nitrogens with one attached hydrogen (secondary N) is 1. The van der Waals surface area contributed by atoms with E-state index in [1.54, 1.807) is 11.3 Å². The molecule has 1 fully saturated rings. The predicted octanol–water partition coefficient (Wildman–Crippen LogP) is 4.52. The summed E-state index contributed by atoms with van der Waals surface area (Å²) in [5.74, 6) is 0. The summed E-state index contributed by atoms with van der Waals surface area (Å²) in [5.41, 5.74) is 1.87. The van der Waals surface area contributed by atoms with Crippen LogP contribution in [0.5, 0.6) is 0 Å². The molecule has 0 spiro atoms. The molecule has 0 bridgehead atoms. The van der Waals surface area contributed by atoms with Crippen molar-refractivity contribution in [2.24, 2.45) is 5.41 Å². The molecule has 0 amide bonds. The Labute approximate surface area is 96.9 Å². The summed E-state index contributed by atoms with van der Waals surface area (Å²) < 4.78 is 0. The zero-order valence-corrected chi connectivity index (χ0v) is 10.6. The molecule has 0 aliphatic heterocycles. The third-order valence-corrected chi connectivity index (χ3v) is 4.15. The van der Waals surface area contributed by atoms with Gasteiger partial charge < -0.3 is 5.32 Å². The quantitative estimate of drug-likeness (QED) is 0.727. The van der Waals surface area contributed by atoms with Crippen LogP contribution in [0.1, 0.15) is 46.0 Å². The summed E-state index contributed by atoms with van der Waals surface area (Å²) in [4.78, 5) is 0. The van der Waals surface area contributed by atoms with Gasteiger partial charge in [0.15, 0.2) is 0 Å². The van der Waals surface area contributed by atoms with Gasteiger partial charge in [0, 0.05) is 17.1 Å². The molecule has 15 heavy (non-hydrogen) atoms. The van der Waals surface area contributed by atoms with Crippen molar-refractivity contribution in [2.45, 2.75) is 52.0 Å². The lowest BCUT2D eigenvalue weighted by atomic mass is 9.85. The number of hydrogen-bond donors (Lipinski definition) is 1. The van der Waals surface area contributed by atoms with Gasteiger partial charge in [0.25, 0.3) is 0 Å². The van der Waals surface area contributed by atoms with E-state index in [4.69, 9.17) is 0 Å². The highest BCUT2D eigenvalue weighted by atomic mass is 32.1. The Morgan fingerprint density at radius 2 is 2.20 bits per heavy atom. The van der Waals surface area contributed by atoms with Gasteiger partial charge in [0.05, 0.1) is 0 Å². The first-order chi connectivity index (χ1) is 7.16. The van der Waals surface area contributed by atoms with Crippen LogP contribution in [0.3, 0.4) is 0 Å². The summed E-state index contributed by atoms with van der Waals surface area (Å²) in [6.45, 7) is 4.81. The molecule has 0 aromatic carbocycles. The van der Waals surface area contributed by atoms with Crippen molar-refractivity contribution in [3.63, 3.8) is 0 Å². The summed E-state index contributed by atoms with van der Waals surface area (Å²) in [7, 11) is 0. The Kier molecular flexibility index (Phi) is 3.35. The molecule has 1 unspecified atom stereocenters. The van der Waals surface area contributed by atoms with Crippen LogP contribution < -0.4 is 5.32 Å². The second kappa shape index (κ2) is 4.56. The fourth-order valence-corrected chi connectivity index (χ4v) is 2.98. The Morgan fingerprint density at radius 1 is 1.33 bits per heavy atom. The largest absolute Gasteiger partial charge is 0.382 e. The van der Waals surface area contributed by atoms with Crippen LogP contribution >= 0.6 is 11.3 Å². The van der Waals surface area contributed by atoms with Crippen molar-refractivity contribution in [1.29, 1.82) is 0 Å². The van der Waals surface area contributed by atoms with E-state index in [0.29, 0.717) is 11.5 Å². The highest BCUT2D eigenvalue weighted by Crippen LogP contribution is 2.34. The first kappa shape index (κ1) is 11.0. The lowest BCUT2D eigenvalue weighted by Gasteiger charge is -2.22. The van der Waals surface area contributed by atoms with Crippen LogP contribution in [-0.2, 0) is 0 Å². The molecule has 1 atom stereocenters. The second-order valence-corrected chi connectivity index (χ2v) is 6.23. The zero-order valence-electron chi connectivity index (χ0n) is 9.75. The van der Waals surface area contributed by atoms with Crippen LogP contribution in [0.4, 0.5) is 5.69 Å². The molecule has 1 aromatic heterocycles. The molecule has 0 saturated heterocycles. The van der Waals surface area contributed by atoms with Gasteiger partial charge in [-0.1, -0.05) is 20.3 Å². The average Bonchev–Trinajstić information content (AvgIpc) is 2.60. The summed E-state index contributed by atoms with van der Waals surface area (Å²) in [6, 6.07) is 2.88. The standard InChI is InChI=1S/C13H21NS/c1-13(2)7-3-4-11(5-8-13)14-12-6-9-15-10-12/h6,9-11,14H,3-5,7-8H2,1-2H3. The molecular formula is C13H21NS. The molecular weight excluding hydrogens is 202 g/mol. The van der Waals surface area contributed by atoms with E-state index in [0.717, 1.165) is 0 Å². The smallest absolute Gasteiger partial charge is 0.0450 e. The molecule has 2 heteroatoms. The maximum Gasteiger partial charge on any atom is 0.0450 e. The van der Waals surface area contributed by atoms with E-state index in [1.807, 2.05) is 0 Å². The number of thiophene rings is 1. The predicted molar refractivity (Wildman–Crippen MR) is 68.6 cm³/mol. The van der Waals surface area contributed by atoms with Gasteiger partial charge in [-0.25, -0.2) is 0 Å². The monoisotopic (exact) mass is 223 g/mol. The molecule has 1 aromatic rings. The van der Waals surface area contributed by atoms with Crippen LogP contribution in [0.2, 0.25) is 0 Å². The molecule has 84 valence electrons. The minimum Gasteiger partial charge on any atom is -0.382 e. The Bertz CT molecular complexity index is 289. The maximum atomic E-state index is 3.65. The fraction of sp³-hybridized carbons (Fsp3) is 0.692. The minimum absolute atomic E-state index is 0.561. The molecule has 1 aliphatic rings. The highest BCUT2D eigenvalue weighted by molar-refractivity contribution is 7.08. The fourth-order valence-electron chi connectivity index (χ4n) is 2.39. The zero-order chi connectivity index (χ0) is 10.7. The molecule has 1 nitrogen and oxygen atoms in total. The third-order valence-electron chi connectivity index (χ3n) is 3.47. The first-order valence-corrected chi connectivity index (χ1v) is 6.89. The van der Waals surface area contributed by atoms with E-state index in [2.05, 4.69) is 36.0 Å². The normalized spacial score (nSPS) is 25.9. The molecule has 0 radical (unpaired) electrons. The van der Waals surface area contributed by atoms with Crippen LogP contribution in [-0.4, -0.2) is 6.04 Å². The first-order valence-electron chi connectivity index (χ1n) is 5.94. The van der Waals surface area contributed by atoms with Gasteiger partial charge >= 0.3 is 0 Å². The van der Waals surface area contributed by atoms with Gasteiger partial charge in [0.1, 0.15) is 0 Å². The Hall–Kier alpha value is -0.500. The number of anilines is 1. The van der Waals surface area contributed by atoms with E-state index >= 15 is 0 Å². The SMILES string of the molecule is CC1(C)CCCC(Nc2ccsc2)CC1. The van der Waals surface area contributed by atoms with E-state index in [1.165, 1.54) is 37.8 Å². The second-order valence-electron chi connectivity index (χ2n) is 5.45. The van der Waals surface area contributed by atoms with Crippen LogP contribution in [0, 0.1) is 5.41 Å². The van der Waals surface area contributed by atoms with E-state index < -0.39 is 0 Å².